The van der Waals surface area contributed by atoms with Crippen molar-refractivity contribution in [1.29, 1.82) is 0 Å². The molecule has 0 atom stereocenters. The number of anilines is 2. The van der Waals surface area contributed by atoms with Crippen LogP contribution in [0.15, 0.2) is 59.2 Å². The highest BCUT2D eigenvalue weighted by molar-refractivity contribution is 6.35. The first-order valence-electron chi connectivity index (χ1n) is 9.63. The van der Waals surface area contributed by atoms with Crippen LogP contribution in [-0.2, 0) is 4.79 Å². The number of likely N-dealkylation sites (N-methyl/N-ethyl adjacent to an activating group) is 1. The molecular weight excluding hydrogens is 382 g/mol. The normalized spacial score (nSPS) is 19.4. The van der Waals surface area contributed by atoms with Gasteiger partial charge in [-0.3, -0.25) is 4.79 Å². The summed E-state index contributed by atoms with van der Waals surface area (Å²) in [6.45, 7) is 8.32. The van der Waals surface area contributed by atoms with E-state index in [1.807, 2.05) is 49.4 Å². The van der Waals surface area contributed by atoms with Crippen molar-refractivity contribution in [2.24, 2.45) is 5.10 Å². The number of allylic oxidation sites excluding steroid dienone is 1. The number of carbonyl (C=O) groups excluding carboxylic acids is 1. The molecule has 1 amide bonds. The molecular formula is C24H24ClN3O. The van der Waals surface area contributed by atoms with Gasteiger partial charge in [0.1, 0.15) is 0 Å². The minimum absolute atomic E-state index is 0.0821. The zero-order valence-corrected chi connectivity index (χ0v) is 18.1. The van der Waals surface area contributed by atoms with Gasteiger partial charge >= 0.3 is 0 Å². The van der Waals surface area contributed by atoms with Crippen LogP contribution < -0.4 is 9.91 Å². The molecule has 2 aromatic carbocycles. The summed E-state index contributed by atoms with van der Waals surface area (Å²) in [5.41, 5.74) is 6.15. The standard InChI is InChI=1S/C24H24ClN3O/c1-15-14-24(3,4)27(5)22-13-21(25)17(11-19(15)22)12-20-16(2)26-28(23(20)29)18-9-7-6-8-10-18/h6-14H,1-5H3/b20-12+. The molecule has 0 N–H and O–H groups in total. The van der Waals surface area contributed by atoms with Gasteiger partial charge in [0.15, 0.2) is 0 Å². The van der Waals surface area contributed by atoms with Gasteiger partial charge in [0.25, 0.3) is 5.91 Å². The monoisotopic (exact) mass is 405 g/mol. The van der Waals surface area contributed by atoms with Gasteiger partial charge in [-0.2, -0.15) is 10.1 Å². The second kappa shape index (κ2) is 6.89. The van der Waals surface area contributed by atoms with Gasteiger partial charge in [-0.1, -0.05) is 35.9 Å². The molecule has 4 nitrogen and oxygen atoms in total. The SMILES string of the molecule is CC1=CC(C)(C)N(C)c2cc(Cl)c(/C=C3/C(=O)N(c4ccccc4)N=C3C)cc21. The van der Waals surface area contributed by atoms with Gasteiger partial charge in [0.05, 0.1) is 22.5 Å². The fourth-order valence-corrected chi connectivity index (χ4v) is 4.09. The average Bonchev–Trinajstić information content (AvgIpc) is 2.96. The van der Waals surface area contributed by atoms with Gasteiger partial charge in [-0.15, -0.1) is 0 Å². The maximum Gasteiger partial charge on any atom is 0.280 e. The fourth-order valence-electron chi connectivity index (χ4n) is 3.88. The molecule has 0 unspecified atom stereocenters. The molecule has 0 aromatic heterocycles. The van der Waals surface area contributed by atoms with Crippen molar-refractivity contribution in [3.8, 4) is 0 Å². The number of fused-ring (bicyclic) bond motifs is 1. The van der Waals surface area contributed by atoms with Crippen molar-refractivity contribution in [2.75, 3.05) is 17.0 Å². The Morgan fingerprint density at radius 2 is 1.79 bits per heavy atom. The van der Waals surface area contributed by atoms with Crippen LogP contribution in [0.1, 0.15) is 38.8 Å². The maximum absolute atomic E-state index is 13.0. The highest BCUT2D eigenvalue weighted by atomic mass is 35.5. The Bertz CT molecular complexity index is 1100. The zero-order chi connectivity index (χ0) is 20.9. The van der Waals surface area contributed by atoms with Gasteiger partial charge in [0.2, 0.25) is 0 Å². The molecule has 0 bridgehead atoms. The van der Waals surface area contributed by atoms with E-state index < -0.39 is 0 Å². The predicted molar refractivity (Wildman–Crippen MR) is 123 cm³/mol. The summed E-state index contributed by atoms with van der Waals surface area (Å²) >= 11 is 6.64. The summed E-state index contributed by atoms with van der Waals surface area (Å²) in [5, 5.41) is 6.51. The van der Waals surface area contributed by atoms with Crippen molar-refractivity contribution < 1.29 is 4.79 Å². The Balaban J connectivity index is 1.76. The van der Waals surface area contributed by atoms with E-state index in [4.69, 9.17) is 11.6 Å². The lowest BCUT2D eigenvalue weighted by Crippen LogP contribution is -2.42. The van der Waals surface area contributed by atoms with Crippen molar-refractivity contribution >= 4 is 46.2 Å². The summed E-state index contributed by atoms with van der Waals surface area (Å²) < 4.78 is 0. The third-order valence-electron chi connectivity index (χ3n) is 5.70. The highest BCUT2D eigenvalue weighted by Gasteiger charge is 2.31. The van der Waals surface area contributed by atoms with Crippen LogP contribution in [0.2, 0.25) is 5.02 Å². The quantitative estimate of drug-likeness (QED) is 0.594. The second-order valence-electron chi connectivity index (χ2n) is 8.13. The lowest BCUT2D eigenvalue weighted by atomic mass is 9.88. The molecule has 148 valence electrons. The Hall–Kier alpha value is -2.85. The summed E-state index contributed by atoms with van der Waals surface area (Å²) in [6, 6.07) is 13.5. The van der Waals surface area contributed by atoms with E-state index in [0.29, 0.717) is 16.3 Å². The third kappa shape index (κ3) is 3.28. The Morgan fingerprint density at radius 3 is 2.48 bits per heavy atom. The Labute approximate surface area is 176 Å². The number of amides is 1. The van der Waals surface area contributed by atoms with E-state index >= 15 is 0 Å². The third-order valence-corrected chi connectivity index (χ3v) is 6.03. The second-order valence-corrected chi connectivity index (χ2v) is 8.53. The molecule has 0 radical (unpaired) electrons. The number of rotatable bonds is 2. The van der Waals surface area contributed by atoms with E-state index in [-0.39, 0.29) is 11.4 Å². The number of hydrogen-bond donors (Lipinski definition) is 0. The Kier molecular flexibility index (Phi) is 4.62. The van der Waals surface area contributed by atoms with Crippen LogP contribution in [0.4, 0.5) is 11.4 Å². The van der Waals surface area contributed by atoms with Crippen LogP contribution in [0, 0.1) is 0 Å². The molecule has 2 heterocycles. The summed E-state index contributed by atoms with van der Waals surface area (Å²) in [6.07, 6.45) is 4.10. The molecule has 5 heteroatoms. The number of para-hydroxylation sites is 1. The van der Waals surface area contributed by atoms with Crippen LogP contribution in [0.5, 0.6) is 0 Å². The van der Waals surface area contributed by atoms with Crippen LogP contribution >= 0.6 is 11.6 Å². The molecule has 2 aromatic rings. The molecule has 2 aliphatic heterocycles. The number of benzene rings is 2. The molecule has 0 fully saturated rings. The van der Waals surface area contributed by atoms with Gasteiger partial charge in [-0.25, -0.2) is 0 Å². The smallest absolute Gasteiger partial charge is 0.280 e. The lowest BCUT2D eigenvalue weighted by molar-refractivity contribution is -0.114. The summed E-state index contributed by atoms with van der Waals surface area (Å²) in [4.78, 5) is 15.2. The number of nitrogens with zero attached hydrogens (tertiary/aromatic N) is 3. The van der Waals surface area contributed by atoms with Gasteiger partial charge in [0, 0.05) is 23.3 Å². The number of hydrogen-bond acceptors (Lipinski definition) is 3. The van der Waals surface area contributed by atoms with E-state index in [2.05, 4.69) is 50.0 Å². The molecule has 0 aliphatic carbocycles. The predicted octanol–water partition coefficient (Wildman–Crippen LogP) is 5.78. The molecule has 0 spiro atoms. The first-order chi connectivity index (χ1) is 13.7. The van der Waals surface area contributed by atoms with Gasteiger partial charge in [-0.05, 0) is 69.2 Å². The highest BCUT2D eigenvalue weighted by Crippen LogP contribution is 2.41. The summed E-state index contributed by atoms with van der Waals surface area (Å²) in [7, 11) is 2.07. The molecule has 0 saturated heterocycles. The van der Waals surface area contributed by atoms with Crippen molar-refractivity contribution in [1.82, 2.24) is 0 Å². The Morgan fingerprint density at radius 1 is 1.10 bits per heavy atom. The fraction of sp³-hybridized carbons (Fsp3) is 0.250. The molecule has 2 aliphatic rings. The minimum atomic E-state index is -0.145. The minimum Gasteiger partial charge on any atom is -0.365 e. The molecule has 29 heavy (non-hydrogen) atoms. The first kappa shape index (κ1) is 19.5. The largest absolute Gasteiger partial charge is 0.365 e. The first-order valence-corrected chi connectivity index (χ1v) is 10.0. The summed E-state index contributed by atoms with van der Waals surface area (Å²) in [5.74, 6) is -0.145. The van der Waals surface area contributed by atoms with E-state index in [9.17, 15) is 4.79 Å². The number of hydrazone groups is 1. The van der Waals surface area contributed by atoms with E-state index in [1.54, 1.807) is 0 Å². The van der Waals surface area contributed by atoms with Crippen molar-refractivity contribution in [3.63, 3.8) is 0 Å². The number of carbonyl (C=O) groups is 1. The van der Waals surface area contributed by atoms with Crippen molar-refractivity contribution in [2.45, 2.75) is 33.2 Å². The molecule has 4 rings (SSSR count). The molecule has 0 saturated carbocycles. The number of halogens is 1. The van der Waals surface area contributed by atoms with Gasteiger partial charge < -0.3 is 4.90 Å². The van der Waals surface area contributed by atoms with E-state index in [0.717, 1.165) is 22.5 Å². The van der Waals surface area contributed by atoms with Crippen molar-refractivity contribution in [3.05, 3.63) is 70.3 Å². The van der Waals surface area contributed by atoms with Crippen LogP contribution in [0.3, 0.4) is 0 Å². The zero-order valence-electron chi connectivity index (χ0n) is 17.3. The average molecular weight is 406 g/mol. The van der Waals surface area contributed by atoms with Crippen LogP contribution in [-0.4, -0.2) is 24.2 Å². The maximum atomic E-state index is 13.0. The van der Waals surface area contributed by atoms with E-state index in [1.165, 1.54) is 10.6 Å². The lowest BCUT2D eigenvalue weighted by Gasteiger charge is -2.40. The van der Waals surface area contributed by atoms with Crippen LogP contribution in [0.25, 0.3) is 11.6 Å². The topological polar surface area (TPSA) is 35.9 Å².